The third kappa shape index (κ3) is 1.99. The quantitative estimate of drug-likeness (QED) is 0.721. The average molecular weight is 295 g/mol. The van der Waals surface area contributed by atoms with E-state index in [0.717, 1.165) is 40.2 Å². The van der Waals surface area contributed by atoms with Gasteiger partial charge in [-0.25, -0.2) is 4.98 Å². The van der Waals surface area contributed by atoms with Crippen molar-refractivity contribution in [1.29, 1.82) is 0 Å². The number of fused-ring (bicyclic) bond motifs is 2. The number of hydrogen-bond donors (Lipinski definition) is 2. The topological polar surface area (TPSA) is 77.7 Å². The van der Waals surface area contributed by atoms with Crippen LogP contribution in [-0.2, 0) is 13.0 Å². The molecule has 0 saturated heterocycles. The Hall–Kier alpha value is -2.63. The van der Waals surface area contributed by atoms with E-state index in [4.69, 9.17) is 0 Å². The number of carbonyl (C=O) groups is 1. The van der Waals surface area contributed by atoms with Crippen LogP contribution in [0.2, 0.25) is 0 Å². The molecule has 6 heteroatoms. The van der Waals surface area contributed by atoms with E-state index in [0.29, 0.717) is 18.7 Å². The minimum absolute atomic E-state index is 0.0559. The van der Waals surface area contributed by atoms with Gasteiger partial charge < -0.3 is 9.88 Å². The highest BCUT2D eigenvalue weighted by atomic mass is 16.2. The van der Waals surface area contributed by atoms with Crippen LogP contribution in [0.5, 0.6) is 0 Å². The number of aromatic nitrogens is 4. The Balaban J connectivity index is 1.64. The first kappa shape index (κ1) is 13.1. The fourth-order valence-electron chi connectivity index (χ4n) is 3.06. The van der Waals surface area contributed by atoms with Crippen molar-refractivity contribution in [3.8, 4) is 0 Å². The average Bonchev–Trinajstić information content (AvgIpc) is 3.07. The summed E-state index contributed by atoms with van der Waals surface area (Å²) in [6.07, 6.45) is 0.802. The third-order valence-electron chi connectivity index (χ3n) is 4.26. The molecule has 112 valence electrons. The number of nitrogens with zero attached hydrogens (tertiary/aromatic N) is 3. The van der Waals surface area contributed by atoms with E-state index in [1.165, 1.54) is 0 Å². The molecule has 6 nitrogen and oxygen atoms in total. The second-order valence-corrected chi connectivity index (χ2v) is 5.80. The van der Waals surface area contributed by atoms with E-state index in [1.807, 2.05) is 36.9 Å². The Morgan fingerprint density at radius 3 is 3.05 bits per heavy atom. The number of nitrogens with one attached hydrogen (secondary N) is 2. The summed E-state index contributed by atoms with van der Waals surface area (Å²) in [6, 6.07) is 5.63. The lowest BCUT2D eigenvalue weighted by Gasteiger charge is -2.26. The first-order valence-electron chi connectivity index (χ1n) is 7.40. The standard InChI is InChI=1S/C16H17N5O/c1-9-12-8-21(6-5-13(12)20-19-9)16(22)11-3-4-14-15(7-11)18-10(2)17-14/h3-4,7H,5-6,8H2,1-2H3,(H,17,18)(H,19,20). The maximum Gasteiger partial charge on any atom is 0.254 e. The molecule has 0 fully saturated rings. The first-order valence-corrected chi connectivity index (χ1v) is 7.40. The Morgan fingerprint density at radius 1 is 1.32 bits per heavy atom. The van der Waals surface area contributed by atoms with Crippen LogP contribution in [0.1, 0.15) is 33.1 Å². The molecule has 2 aromatic heterocycles. The number of amides is 1. The molecule has 0 unspecified atom stereocenters. The van der Waals surface area contributed by atoms with Gasteiger partial charge in [0.15, 0.2) is 0 Å². The second kappa shape index (κ2) is 4.69. The van der Waals surface area contributed by atoms with Crippen LogP contribution in [0.4, 0.5) is 0 Å². The molecule has 3 aromatic rings. The highest BCUT2D eigenvalue weighted by Gasteiger charge is 2.25. The van der Waals surface area contributed by atoms with Crippen LogP contribution in [0, 0.1) is 13.8 Å². The van der Waals surface area contributed by atoms with Crippen molar-refractivity contribution in [3.63, 3.8) is 0 Å². The lowest BCUT2D eigenvalue weighted by Crippen LogP contribution is -2.36. The van der Waals surface area contributed by atoms with Gasteiger partial charge in [0.2, 0.25) is 0 Å². The summed E-state index contributed by atoms with van der Waals surface area (Å²) in [4.78, 5) is 22.2. The van der Waals surface area contributed by atoms with Gasteiger partial charge in [-0.15, -0.1) is 0 Å². The summed E-state index contributed by atoms with van der Waals surface area (Å²) in [6.45, 7) is 5.24. The van der Waals surface area contributed by atoms with Crippen molar-refractivity contribution in [2.45, 2.75) is 26.8 Å². The Labute approximate surface area is 127 Å². The molecule has 0 atom stereocenters. The third-order valence-corrected chi connectivity index (χ3v) is 4.26. The second-order valence-electron chi connectivity index (χ2n) is 5.80. The zero-order valence-corrected chi connectivity index (χ0v) is 12.6. The number of benzene rings is 1. The van der Waals surface area contributed by atoms with Gasteiger partial charge in [-0.3, -0.25) is 9.89 Å². The van der Waals surface area contributed by atoms with Crippen molar-refractivity contribution < 1.29 is 4.79 Å². The molecule has 2 N–H and O–H groups in total. The molecule has 4 rings (SSSR count). The number of aromatic amines is 2. The number of carbonyl (C=O) groups excluding carboxylic acids is 1. The van der Waals surface area contributed by atoms with Gasteiger partial charge in [0, 0.05) is 36.3 Å². The number of H-pyrrole nitrogens is 2. The first-order chi connectivity index (χ1) is 10.6. The summed E-state index contributed by atoms with van der Waals surface area (Å²) in [5.74, 6) is 0.914. The minimum Gasteiger partial charge on any atom is -0.342 e. The number of imidazole rings is 1. The molecule has 22 heavy (non-hydrogen) atoms. The van der Waals surface area contributed by atoms with Gasteiger partial charge in [-0.2, -0.15) is 5.10 Å². The SMILES string of the molecule is Cc1nc2ccc(C(=O)N3CCc4n[nH]c(C)c4C3)cc2[nH]1. The molecule has 1 amide bonds. The fourth-order valence-corrected chi connectivity index (χ4v) is 3.06. The van der Waals surface area contributed by atoms with Crippen molar-refractivity contribution in [1.82, 2.24) is 25.1 Å². The van der Waals surface area contributed by atoms with E-state index < -0.39 is 0 Å². The minimum atomic E-state index is 0.0559. The van der Waals surface area contributed by atoms with Gasteiger partial charge in [0.05, 0.1) is 16.7 Å². The smallest absolute Gasteiger partial charge is 0.254 e. The van der Waals surface area contributed by atoms with E-state index in [1.54, 1.807) is 0 Å². The highest BCUT2D eigenvalue weighted by Crippen LogP contribution is 2.22. The summed E-state index contributed by atoms with van der Waals surface area (Å²) in [5, 5.41) is 7.29. The number of hydrogen-bond acceptors (Lipinski definition) is 3. The molecular weight excluding hydrogens is 278 g/mol. The van der Waals surface area contributed by atoms with Gasteiger partial charge in [0.25, 0.3) is 5.91 Å². The molecule has 0 spiro atoms. The predicted molar refractivity (Wildman–Crippen MR) is 82.6 cm³/mol. The monoisotopic (exact) mass is 295 g/mol. The maximum atomic E-state index is 12.8. The highest BCUT2D eigenvalue weighted by molar-refractivity contribution is 5.97. The van der Waals surface area contributed by atoms with Gasteiger partial charge in [-0.05, 0) is 32.0 Å². The lowest BCUT2D eigenvalue weighted by molar-refractivity contribution is 0.0734. The lowest BCUT2D eigenvalue weighted by atomic mass is 10.0. The molecule has 0 bridgehead atoms. The molecule has 0 saturated carbocycles. The van der Waals surface area contributed by atoms with Crippen LogP contribution in [0.25, 0.3) is 11.0 Å². The van der Waals surface area contributed by atoms with Crippen molar-refractivity contribution in [2.24, 2.45) is 0 Å². The molecular formula is C16H17N5O. The van der Waals surface area contributed by atoms with Gasteiger partial charge in [0.1, 0.15) is 5.82 Å². The zero-order valence-electron chi connectivity index (χ0n) is 12.6. The van der Waals surface area contributed by atoms with Crippen LogP contribution >= 0.6 is 0 Å². The maximum absolute atomic E-state index is 12.8. The van der Waals surface area contributed by atoms with E-state index in [-0.39, 0.29) is 5.91 Å². The van der Waals surface area contributed by atoms with Crippen LogP contribution < -0.4 is 0 Å². The van der Waals surface area contributed by atoms with E-state index in [9.17, 15) is 4.79 Å². The molecule has 1 aliphatic heterocycles. The molecule has 3 heterocycles. The van der Waals surface area contributed by atoms with Gasteiger partial charge >= 0.3 is 0 Å². The van der Waals surface area contributed by atoms with Gasteiger partial charge in [-0.1, -0.05) is 0 Å². The normalized spacial score (nSPS) is 14.4. The Bertz CT molecular complexity index is 876. The van der Waals surface area contributed by atoms with Crippen LogP contribution in [0.3, 0.4) is 0 Å². The summed E-state index contributed by atoms with van der Waals surface area (Å²) < 4.78 is 0. The summed E-state index contributed by atoms with van der Waals surface area (Å²) >= 11 is 0. The van der Waals surface area contributed by atoms with Crippen molar-refractivity contribution in [3.05, 3.63) is 46.5 Å². The summed E-state index contributed by atoms with van der Waals surface area (Å²) in [5.41, 5.74) is 5.77. The number of rotatable bonds is 1. The zero-order chi connectivity index (χ0) is 15.3. The largest absolute Gasteiger partial charge is 0.342 e. The van der Waals surface area contributed by atoms with E-state index >= 15 is 0 Å². The Kier molecular flexibility index (Phi) is 2.79. The van der Waals surface area contributed by atoms with E-state index in [2.05, 4.69) is 20.2 Å². The Morgan fingerprint density at radius 2 is 2.18 bits per heavy atom. The predicted octanol–water partition coefficient (Wildman–Crippen LogP) is 2.10. The van der Waals surface area contributed by atoms with Crippen LogP contribution in [-0.4, -0.2) is 37.5 Å². The molecule has 0 aliphatic carbocycles. The van der Waals surface area contributed by atoms with Crippen LogP contribution in [0.15, 0.2) is 18.2 Å². The number of aryl methyl sites for hydroxylation is 2. The fraction of sp³-hybridized carbons (Fsp3) is 0.312. The van der Waals surface area contributed by atoms with Crippen molar-refractivity contribution in [2.75, 3.05) is 6.54 Å². The summed E-state index contributed by atoms with van der Waals surface area (Å²) in [7, 11) is 0. The molecule has 0 radical (unpaired) electrons. The van der Waals surface area contributed by atoms with Crippen molar-refractivity contribution >= 4 is 16.9 Å². The molecule has 1 aliphatic rings. The molecule has 1 aromatic carbocycles.